The molecule has 4 nitrogen and oxygen atoms in total. The second kappa shape index (κ2) is 9.39. The highest BCUT2D eigenvalue weighted by molar-refractivity contribution is 5.67. The number of carboxylic acids is 1. The predicted octanol–water partition coefficient (Wildman–Crippen LogP) is 2.52. The van der Waals surface area contributed by atoms with Crippen LogP contribution in [0.3, 0.4) is 0 Å². The van der Waals surface area contributed by atoms with Gasteiger partial charge in [-0.25, -0.2) is 0 Å². The number of aliphatic hydroxyl groups excluding tert-OH is 1. The number of nitrogens with zero attached hydrogens (tertiary/aromatic N) is 1. The van der Waals surface area contributed by atoms with Crippen LogP contribution in [0.4, 0.5) is 5.69 Å². The Balaban J connectivity index is 2.43. The smallest absolute Gasteiger partial charge is 0.305 e. The first-order valence-corrected chi connectivity index (χ1v) is 6.86. The minimum Gasteiger partial charge on any atom is -0.481 e. The second-order valence-electron chi connectivity index (χ2n) is 4.60. The number of rotatable bonds is 10. The average Bonchev–Trinajstić information content (AvgIpc) is 2.42. The SMILES string of the molecule is O=C(O)CCN(CCCCCCO)c1ccccc1. The standard InChI is InChI=1S/C15H23NO3/c17-13-7-2-1-6-11-16(12-10-15(18)19)14-8-4-3-5-9-14/h3-5,8-9,17H,1-2,6-7,10-13H2,(H,18,19). The summed E-state index contributed by atoms with van der Waals surface area (Å²) >= 11 is 0. The van der Waals surface area contributed by atoms with Crippen molar-refractivity contribution < 1.29 is 15.0 Å². The van der Waals surface area contributed by atoms with Crippen molar-refractivity contribution >= 4 is 11.7 Å². The van der Waals surface area contributed by atoms with Crippen LogP contribution < -0.4 is 4.90 Å². The summed E-state index contributed by atoms with van der Waals surface area (Å²) in [5.74, 6) is -0.763. The molecule has 0 radical (unpaired) electrons. The van der Waals surface area contributed by atoms with Gasteiger partial charge in [-0.05, 0) is 25.0 Å². The highest BCUT2D eigenvalue weighted by atomic mass is 16.4. The third-order valence-electron chi connectivity index (χ3n) is 3.05. The van der Waals surface area contributed by atoms with Gasteiger partial charge in [-0.2, -0.15) is 0 Å². The molecule has 0 aromatic heterocycles. The molecule has 0 aliphatic heterocycles. The molecule has 1 aromatic carbocycles. The lowest BCUT2D eigenvalue weighted by atomic mass is 10.2. The first-order valence-electron chi connectivity index (χ1n) is 6.86. The van der Waals surface area contributed by atoms with Gasteiger partial charge < -0.3 is 15.1 Å². The zero-order chi connectivity index (χ0) is 13.9. The van der Waals surface area contributed by atoms with Crippen LogP contribution in [0.1, 0.15) is 32.1 Å². The Morgan fingerprint density at radius 1 is 1.00 bits per heavy atom. The molecule has 0 spiro atoms. The molecule has 0 saturated heterocycles. The van der Waals surface area contributed by atoms with Gasteiger partial charge in [0.05, 0.1) is 6.42 Å². The molecule has 0 atom stereocenters. The van der Waals surface area contributed by atoms with Gasteiger partial charge in [0.1, 0.15) is 0 Å². The van der Waals surface area contributed by atoms with Gasteiger partial charge in [-0.3, -0.25) is 4.79 Å². The van der Waals surface area contributed by atoms with Gasteiger partial charge in [0.2, 0.25) is 0 Å². The summed E-state index contributed by atoms with van der Waals surface area (Å²) in [5, 5.41) is 17.5. The van der Waals surface area contributed by atoms with Crippen LogP contribution in [0, 0.1) is 0 Å². The summed E-state index contributed by atoms with van der Waals surface area (Å²) in [4.78, 5) is 12.8. The van der Waals surface area contributed by atoms with E-state index in [9.17, 15) is 4.79 Å². The van der Waals surface area contributed by atoms with Gasteiger partial charge in [-0.15, -0.1) is 0 Å². The lowest BCUT2D eigenvalue weighted by molar-refractivity contribution is -0.136. The van der Waals surface area contributed by atoms with Gasteiger partial charge in [0.15, 0.2) is 0 Å². The van der Waals surface area contributed by atoms with E-state index in [1.165, 1.54) is 0 Å². The van der Waals surface area contributed by atoms with E-state index in [0.717, 1.165) is 37.9 Å². The number of aliphatic carboxylic acids is 1. The second-order valence-corrected chi connectivity index (χ2v) is 4.60. The third-order valence-corrected chi connectivity index (χ3v) is 3.05. The number of hydrogen-bond donors (Lipinski definition) is 2. The van der Waals surface area contributed by atoms with Gasteiger partial charge in [0, 0.05) is 25.4 Å². The molecular formula is C15H23NO3. The van der Waals surface area contributed by atoms with Gasteiger partial charge in [0.25, 0.3) is 0 Å². The van der Waals surface area contributed by atoms with Crippen LogP contribution in [-0.4, -0.2) is 35.9 Å². The van der Waals surface area contributed by atoms with Crippen molar-refractivity contribution in [3.63, 3.8) is 0 Å². The number of unbranched alkanes of at least 4 members (excludes halogenated alkanes) is 3. The van der Waals surface area contributed by atoms with Crippen molar-refractivity contribution in [2.75, 3.05) is 24.6 Å². The number of aliphatic hydroxyl groups is 1. The average molecular weight is 265 g/mol. The zero-order valence-electron chi connectivity index (χ0n) is 11.3. The number of anilines is 1. The topological polar surface area (TPSA) is 60.8 Å². The molecule has 0 heterocycles. The van der Waals surface area contributed by atoms with E-state index in [2.05, 4.69) is 4.90 Å². The van der Waals surface area contributed by atoms with Crippen LogP contribution in [0.15, 0.2) is 30.3 Å². The van der Waals surface area contributed by atoms with Crippen molar-refractivity contribution in [1.82, 2.24) is 0 Å². The van der Waals surface area contributed by atoms with Crippen molar-refractivity contribution in [3.8, 4) is 0 Å². The Hall–Kier alpha value is -1.55. The van der Waals surface area contributed by atoms with E-state index in [0.29, 0.717) is 6.54 Å². The summed E-state index contributed by atoms with van der Waals surface area (Å²) in [6, 6.07) is 9.91. The maximum atomic E-state index is 10.7. The zero-order valence-corrected chi connectivity index (χ0v) is 11.3. The Labute approximate surface area is 114 Å². The molecule has 0 bridgehead atoms. The van der Waals surface area contributed by atoms with Crippen molar-refractivity contribution in [1.29, 1.82) is 0 Å². The summed E-state index contributed by atoms with van der Waals surface area (Å²) < 4.78 is 0. The molecule has 2 N–H and O–H groups in total. The molecular weight excluding hydrogens is 242 g/mol. The molecule has 1 aromatic rings. The van der Waals surface area contributed by atoms with Crippen molar-refractivity contribution in [2.45, 2.75) is 32.1 Å². The largest absolute Gasteiger partial charge is 0.481 e. The fourth-order valence-electron chi connectivity index (χ4n) is 2.01. The van der Waals surface area contributed by atoms with E-state index in [1.807, 2.05) is 30.3 Å². The molecule has 0 amide bonds. The Bertz CT molecular complexity index is 354. The first kappa shape index (κ1) is 15.5. The molecule has 4 heteroatoms. The maximum Gasteiger partial charge on any atom is 0.305 e. The Kier molecular flexibility index (Phi) is 7.66. The van der Waals surface area contributed by atoms with E-state index in [1.54, 1.807) is 0 Å². The lowest BCUT2D eigenvalue weighted by Gasteiger charge is -2.24. The molecule has 106 valence electrons. The summed E-state index contributed by atoms with van der Waals surface area (Å²) in [5.41, 5.74) is 1.07. The molecule has 1 rings (SSSR count). The van der Waals surface area contributed by atoms with E-state index in [-0.39, 0.29) is 13.0 Å². The van der Waals surface area contributed by atoms with Crippen LogP contribution >= 0.6 is 0 Å². The highest BCUT2D eigenvalue weighted by Crippen LogP contribution is 2.15. The van der Waals surface area contributed by atoms with Crippen molar-refractivity contribution in [2.24, 2.45) is 0 Å². The number of benzene rings is 1. The first-order chi connectivity index (χ1) is 9.24. The fraction of sp³-hybridized carbons (Fsp3) is 0.533. The van der Waals surface area contributed by atoms with Gasteiger partial charge in [-0.1, -0.05) is 31.0 Å². The van der Waals surface area contributed by atoms with Crippen LogP contribution in [0.2, 0.25) is 0 Å². The molecule has 0 saturated carbocycles. The number of carbonyl (C=O) groups is 1. The fourth-order valence-corrected chi connectivity index (χ4v) is 2.01. The maximum absolute atomic E-state index is 10.7. The molecule has 0 aliphatic rings. The molecule has 19 heavy (non-hydrogen) atoms. The minimum atomic E-state index is -0.763. The van der Waals surface area contributed by atoms with Crippen molar-refractivity contribution in [3.05, 3.63) is 30.3 Å². The van der Waals surface area contributed by atoms with Gasteiger partial charge >= 0.3 is 5.97 Å². The summed E-state index contributed by atoms with van der Waals surface area (Å²) in [7, 11) is 0. The Morgan fingerprint density at radius 3 is 2.32 bits per heavy atom. The van der Waals surface area contributed by atoms with Crippen LogP contribution in [0.25, 0.3) is 0 Å². The minimum absolute atomic E-state index is 0.158. The Morgan fingerprint density at radius 2 is 1.68 bits per heavy atom. The summed E-state index contributed by atoms with van der Waals surface area (Å²) in [6.45, 7) is 1.66. The molecule has 0 unspecified atom stereocenters. The highest BCUT2D eigenvalue weighted by Gasteiger charge is 2.07. The number of hydrogen-bond acceptors (Lipinski definition) is 3. The van der Waals surface area contributed by atoms with E-state index in [4.69, 9.17) is 10.2 Å². The molecule has 0 fully saturated rings. The number of para-hydroxylation sites is 1. The lowest BCUT2D eigenvalue weighted by Crippen LogP contribution is -2.27. The monoisotopic (exact) mass is 265 g/mol. The quantitative estimate of drug-likeness (QED) is 0.638. The van der Waals surface area contributed by atoms with E-state index >= 15 is 0 Å². The van der Waals surface area contributed by atoms with E-state index < -0.39 is 5.97 Å². The van der Waals surface area contributed by atoms with Crippen LogP contribution in [-0.2, 0) is 4.79 Å². The van der Waals surface area contributed by atoms with Crippen LogP contribution in [0.5, 0.6) is 0 Å². The third kappa shape index (κ3) is 6.82. The number of carboxylic acid groups (broad SMARTS) is 1. The normalized spacial score (nSPS) is 10.4. The molecule has 0 aliphatic carbocycles. The predicted molar refractivity (Wildman–Crippen MR) is 76.5 cm³/mol. The summed E-state index contributed by atoms with van der Waals surface area (Å²) in [6.07, 6.45) is 4.12.